The minimum atomic E-state index is -0.393. The minimum Gasteiger partial charge on any atom is -0.271 e. The second-order valence-corrected chi connectivity index (χ2v) is 7.46. The first kappa shape index (κ1) is 17.3. The fraction of sp³-hybridized carbons (Fsp3) is 0.263. The minimum absolute atomic E-state index is 0.113. The van der Waals surface area contributed by atoms with E-state index in [4.69, 9.17) is 0 Å². The summed E-state index contributed by atoms with van der Waals surface area (Å²) in [6.45, 7) is 0. The van der Waals surface area contributed by atoms with E-state index in [2.05, 4.69) is 49.4 Å². The topological polar surface area (TPSA) is 65.5 Å². The maximum Gasteiger partial charge on any atom is 0.258 e. The van der Waals surface area contributed by atoms with Gasteiger partial charge in [-0.2, -0.15) is 5.10 Å². The van der Waals surface area contributed by atoms with E-state index >= 15 is 0 Å². The van der Waals surface area contributed by atoms with E-state index in [0.29, 0.717) is 5.56 Å². The summed E-state index contributed by atoms with van der Waals surface area (Å²) >= 11 is 3.29. The lowest BCUT2D eigenvalue weighted by Gasteiger charge is -2.29. The quantitative estimate of drug-likeness (QED) is 0.532. The molecule has 2 aromatic rings. The fourth-order valence-corrected chi connectivity index (χ4v) is 4.10. The summed E-state index contributed by atoms with van der Waals surface area (Å²) in [5.74, 6) is -0.463. The van der Waals surface area contributed by atoms with Crippen molar-refractivity contribution in [2.75, 3.05) is 0 Å². The van der Waals surface area contributed by atoms with Crippen LogP contribution in [0, 0.1) is 11.7 Å². The van der Waals surface area contributed by atoms with Crippen LogP contribution in [-0.2, 0) is 11.2 Å². The van der Waals surface area contributed by atoms with Gasteiger partial charge in [-0.3, -0.25) is 4.79 Å². The van der Waals surface area contributed by atoms with Crippen molar-refractivity contribution >= 4 is 28.1 Å². The van der Waals surface area contributed by atoms with E-state index in [1.54, 1.807) is 12.1 Å². The van der Waals surface area contributed by atoms with Crippen LogP contribution in [0.3, 0.4) is 0 Å². The molecule has 2 aliphatic rings. The summed E-state index contributed by atoms with van der Waals surface area (Å²) in [5, 5.41) is 3.92. The van der Waals surface area contributed by atoms with E-state index in [9.17, 15) is 9.18 Å². The molecule has 1 amide bonds. The van der Waals surface area contributed by atoms with Gasteiger partial charge in [-0.15, -0.1) is 0 Å². The van der Waals surface area contributed by atoms with Crippen LogP contribution < -0.4 is 16.3 Å². The van der Waals surface area contributed by atoms with Crippen molar-refractivity contribution in [2.45, 2.75) is 24.9 Å². The number of halogens is 2. The SMILES string of the molecule is O=C(N/N=C/c1cc(Br)ccc1F)C1NNC2c3ccccc3CCC12. The maximum atomic E-state index is 13.7. The number of rotatable bonds is 3. The predicted octanol–water partition coefficient (Wildman–Crippen LogP) is 2.82. The van der Waals surface area contributed by atoms with Gasteiger partial charge in [0.25, 0.3) is 5.91 Å². The van der Waals surface area contributed by atoms with Gasteiger partial charge < -0.3 is 0 Å². The molecular weight excluding hydrogens is 399 g/mol. The average Bonchev–Trinajstić information content (AvgIpc) is 3.09. The molecule has 2 aromatic carbocycles. The number of amides is 1. The molecule has 5 nitrogen and oxygen atoms in total. The number of aryl methyl sites for hydroxylation is 1. The molecule has 1 saturated heterocycles. The molecule has 0 bridgehead atoms. The molecule has 1 aliphatic heterocycles. The van der Waals surface area contributed by atoms with E-state index in [1.165, 1.54) is 23.4 Å². The van der Waals surface area contributed by atoms with Crippen LogP contribution in [0.1, 0.15) is 29.2 Å². The van der Waals surface area contributed by atoms with Crippen molar-refractivity contribution in [3.63, 3.8) is 0 Å². The van der Waals surface area contributed by atoms with Crippen LogP contribution in [-0.4, -0.2) is 18.2 Å². The van der Waals surface area contributed by atoms with Crippen LogP contribution in [0.25, 0.3) is 0 Å². The predicted molar refractivity (Wildman–Crippen MR) is 101 cm³/mol. The Bertz CT molecular complexity index is 872. The Morgan fingerprint density at radius 2 is 2.12 bits per heavy atom. The standard InChI is InChI=1S/C19H18BrFN4O/c20-13-6-8-16(21)12(9-13)10-22-25-19(26)18-15-7-5-11-3-1-2-4-14(11)17(15)23-24-18/h1-4,6,8-10,15,17-18,23-24H,5,7H2,(H,25,26)/b22-10+. The van der Waals surface area contributed by atoms with Gasteiger partial charge in [-0.25, -0.2) is 20.7 Å². The number of hydrazine groups is 1. The van der Waals surface area contributed by atoms with Crippen LogP contribution in [0.2, 0.25) is 0 Å². The van der Waals surface area contributed by atoms with Crippen LogP contribution >= 0.6 is 15.9 Å². The highest BCUT2D eigenvalue weighted by atomic mass is 79.9. The summed E-state index contributed by atoms with van der Waals surface area (Å²) in [5.41, 5.74) is 11.7. The molecule has 3 unspecified atom stereocenters. The molecule has 134 valence electrons. The lowest BCUT2D eigenvalue weighted by molar-refractivity contribution is -0.123. The van der Waals surface area contributed by atoms with Crippen molar-refractivity contribution in [1.29, 1.82) is 0 Å². The number of hydrogen-bond donors (Lipinski definition) is 3. The maximum absolute atomic E-state index is 13.7. The normalized spacial score (nSPS) is 24.3. The molecule has 0 spiro atoms. The number of hydrazone groups is 1. The number of nitrogens with one attached hydrogen (secondary N) is 3. The second-order valence-electron chi connectivity index (χ2n) is 6.55. The number of nitrogens with zero attached hydrogens (tertiary/aromatic N) is 1. The summed E-state index contributed by atoms with van der Waals surface area (Å²) in [7, 11) is 0. The summed E-state index contributed by atoms with van der Waals surface area (Å²) in [6, 6.07) is 12.6. The Kier molecular flexibility index (Phi) is 4.84. The van der Waals surface area contributed by atoms with Gasteiger partial charge in [-0.1, -0.05) is 40.2 Å². The molecule has 0 aromatic heterocycles. The Labute approximate surface area is 159 Å². The number of benzene rings is 2. The molecule has 3 atom stereocenters. The third-order valence-electron chi connectivity index (χ3n) is 5.01. The Hall–Kier alpha value is -2.09. The van der Waals surface area contributed by atoms with Crippen LogP contribution in [0.15, 0.2) is 52.0 Å². The number of carbonyl (C=O) groups is 1. The first-order valence-electron chi connectivity index (χ1n) is 8.50. The molecular formula is C19H18BrFN4O. The van der Waals surface area contributed by atoms with Crippen molar-refractivity contribution in [3.05, 3.63) is 69.4 Å². The zero-order valence-electron chi connectivity index (χ0n) is 13.9. The van der Waals surface area contributed by atoms with Crippen LogP contribution in [0.4, 0.5) is 4.39 Å². The van der Waals surface area contributed by atoms with Crippen molar-refractivity contribution in [3.8, 4) is 0 Å². The molecule has 1 heterocycles. The van der Waals surface area contributed by atoms with Crippen molar-refractivity contribution in [1.82, 2.24) is 16.3 Å². The molecule has 0 radical (unpaired) electrons. The number of hydrogen-bond acceptors (Lipinski definition) is 4. The summed E-state index contributed by atoms with van der Waals surface area (Å²) in [4.78, 5) is 12.5. The molecule has 26 heavy (non-hydrogen) atoms. The van der Waals surface area contributed by atoms with E-state index in [0.717, 1.165) is 17.3 Å². The first-order valence-corrected chi connectivity index (χ1v) is 9.29. The first-order chi connectivity index (χ1) is 12.6. The van der Waals surface area contributed by atoms with E-state index in [1.807, 2.05) is 12.1 Å². The van der Waals surface area contributed by atoms with Gasteiger partial charge in [0.05, 0.1) is 12.3 Å². The van der Waals surface area contributed by atoms with Gasteiger partial charge in [0.1, 0.15) is 11.9 Å². The smallest absolute Gasteiger partial charge is 0.258 e. The lowest BCUT2D eigenvalue weighted by Crippen LogP contribution is -2.44. The van der Waals surface area contributed by atoms with Gasteiger partial charge >= 0.3 is 0 Å². The number of fused-ring (bicyclic) bond motifs is 3. The van der Waals surface area contributed by atoms with Crippen molar-refractivity contribution in [2.24, 2.45) is 11.0 Å². The van der Waals surface area contributed by atoms with Crippen molar-refractivity contribution < 1.29 is 9.18 Å². The van der Waals surface area contributed by atoms with Crippen LogP contribution in [0.5, 0.6) is 0 Å². The lowest BCUT2D eigenvalue weighted by atomic mass is 9.77. The largest absolute Gasteiger partial charge is 0.271 e. The highest BCUT2D eigenvalue weighted by Crippen LogP contribution is 2.38. The zero-order chi connectivity index (χ0) is 18.1. The van der Waals surface area contributed by atoms with Gasteiger partial charge in [0.15, 0.2) is 0 Å². The van der Waals surface area contributed by atoms with Gasteiger partial charge in [0, 0.05) is 16.0 Å². The Balaban J connectivity index is 1.43. The second kappa shape index (κ2) is 7.26. The number of carbonyl (C=O) groups excluding carboxylic acids is 1. The third-order valence-corrected chi connectivity index (χ3v) is 5.50. The summed E-state index contributed by atoms with van der Waals surface area (Å²) < 4.78 is 14.5. The average molecular weight is 417 g/mol. The Morgan fingerprint density at radius 1 is 1.27 bits per heavy atom. The van der Waals surface area contributed by atoms with Gasteiger partial charge in [0.2, 0.25) is 0 Å². The summed E-state index contributed by atoms with van der Waals surface area (Å²) in [6.07, 6.45) is 3.19. The molecule has 1 fully saturated rings. The van der Waals surface area contributed by atoms with E-state index in [-0.39, 0.29) is 23.9 Å². The Morgan fingerprint density at radius 3 is 3.00 bits per heavy atom. The highest BCUT2D eigenvalue weighted by Gasteiger charge is 2.43. The molecule has 1 aliphatic carbocycles. The third kappa shape index (κ3) is 3.30. The fourth-order valence-electron chi connectivity index (χ4n) is 3.72. The monoisotopic (exact) mass is 416 g/mol. The molecule has 7 heteroatoms. The zero-order valence-corrected chi connectivity index (χ0v) is 15.5. The van der Waals surface area contributed by atoms with E-state index < -0.39 is 5.82 Å². The van der Waals surface area contributed by atoms with Gasteiger partial charge in [-0.05, 0) is 42.2 Å². The molecule has 0 saturated carbocycles. The highest BCUT2D eigenvalue weighted by molar-refractivity contribution is 9.10. The molecule has 4 rings (SSSR count). The molecule has 3 N–H and O–H groups in total.